The number of carbonyl (C=O) groups is 3. The van der Waals surface area contributed by atoms with Crippen LogP contribution in [-0.2, 0) is 20.7 Å². The van der Waals surface area contributed by atoms with Crippen LogP contribution in [0, 0.1) is 6.92 Å². The Bertz CT molecular complexity index is 1470. The van der Waals surface area contributed by atoms with Crippen molar-refractivity contribution in [3.63, 3.8) is 0 Å². The number of ether oxygens (including phenoxy) is 1. The smallest absolute Gasteiger partial charge is 0.408 e. The van der Waals surface area contributed by atoms with E-state index in [4.69, 9.17) is 9.84 Å². The summed E-state index contributed by atoms with van der Waals surface area (Å²) in [5, 5.41) is 11.4. The molecule has 0 bridgehead atoms. The fourth-order valence-electron chi connectivity index (χ4n) is 4.69. The predicted molar refractivity (Wildman–Crippen MR) is 165 cm³/mol. The van der Waals surface area contributed by atoms with Crippen LogP contribution < -0.4 is 15.1 Å². The molecule has 1 aliphatic rings. The van der Waals surface area contributed by atoms with Gasteiger partial charge in [-0.2, -0.15) is 0 Å². The number of aryl methyl sites for hydroxylation is 2. The monoisotopic (exact) mass is 586 g/mol. The quantitative estimate of drug-likeness (QED) is 0.331. The van der Waals surface area contributed by atoms with Gasteiger partial charge in [0, 0.05) is 62.8 Å². The average Bonchev–Trinajstić information content (AvgIpc) is 2.97. The lowest BCUT2D eigenvalue weighted by molar-refractivity contribution is -0.131. The molecule has 1 aromatic carbocycles. The zero-order chi connectivity index (χ0) is 31.0. The second kappa shape index (κ2) is 13.9. The Kier molecular flexibility index (Phi) is 10.1. The molecule has 1 fully saturated rings. The molecule has 0 atom stereocenters. The van der Waals surface area contributed by atoms with Crippen molar-refractivity contribution >= 4 is 35.7 Å². The number of piperazine rings is 1. The molecule has 0 spiro atoms. The average molecular weight is 587 g/mol. The third-order valence-electron chi connectivity index (χ3n) is 6.77. The van der Waals surface area contributed by atoms with Gasteiger partial charge in [0.15, 0.2) is 5.78 Å². The number of nitrogens with one attached hydrogen (secondary N) is 1. The van der Waals surface area contributed by atoms with E-state index in [1.165, 1.54) is 6.08 Å². The molecule has 2 aromatic heterocycles. The highest BCUT2D eigenvalue weighted by molar-refractivity contribution is 5.85. The second-order valence-corrected chi connectivity index (χ2v) is 11.4. The van der Waals surface area contributed by atoms with E-state index in [2.05, 4.69) is 30.1 Å². The second-order valence-electron chi connectivity index (χ2n) is 11.4. The molecule has 11 nitrogen and oxygen atoms in total. The molecule has 11 heteroatoms. The Labute approximate surface area is 251 Å². The fourth-order valence-corrected chi connectivity index (χ4v) is 4.69. The predicted octanol–water partition coefficient (Wildman–Crippen LogP) is 4.30. The van der Waals surface area contributed by atoms with E-state index in [1.54, 1.807) is 27.0 Å². The number of carboxylic acid groups (broad SMARTS) is 1. The largest absolute Gasteiger partial charge is 0.478 e. The molecule has 43 heavy (non-hydrogen) atoms. The van der Waals surface area contributed by atoms with Crippen molar-refractivity contribution in [2.24, 2.45) is 0 Å². The van der Waals surface area contributed by atoms with Gasteiger partial charge in [0.05, 0.1) is 6.54 Å². The van der Waals surface area contributed by atoms with Gasteiger partial charge in [-0.1, -0.05) is 24.3 Å². The minimum atomic E-state index is -0.988. The van der Waals surface area contributed by atoms with Gasteiger partial charge < -0.3 is 25.0 Å². The van der Waals surface area contributed by atoms with E-state index in [0.717, 1.165) is 65.9 Å². The van der Waals surface area contributed by atoms with Crippen LogP contribution >= 0.6 is 0 Å². The maximum Gasteiger partial charge on any atom is 0.408 e. The lowest BCUT2D eigenvalue weighted by Crippen LogP contribution is -2.47. The number of hydrogen-bond donors (Lipinski definition) is 2. The zero-order valence-corrected chi connectivity index (χ0v) is 25.0. The molecular formula is C32H38N6O5. The SMILES string of the molecule is Cc1cc(/C=C/C(=O)O)cnc1N1CCN(c2ncc(-c3cccc(CCC(=O)CNC(=O)OC(C)(C)C)c3)cn2)CC1. The molecule has 0 unspecified atom stereocenters. The summed E-state index contributed by atoms with van der Waals surface area (Å²) in [5.41, 5.74) is 4.00. The standard InChI is InChI=1S/C32H38N6O5/c1-22-16-24(9-11-28(40)41)18-33-29(22)37-12-14-38(15-13-37)30-34-19-26(20-35-30)25-7-5-6-23(17-25)8-10-27(39)21-36-31(42)43-32(2,3)4/h5-7,9,11,16-20H,8,10,12-15,21H2,1-4H3,(H,36,42)(H,40,41)/b11-9+. The minimum absolute atomic E-state index is 0.0627. The van der Waals surface area contributed by atoms with Gasteiger partial charge in [-0.05, 0) is 68.5 Å². The highest BCUT2D eigenvalue weighted by Crippen LogP contribution is 2.24. The number of ketones is 1. The molecular weight excluding hydrogens is 548 g/mol. The molecule has 0 radical (unpaired) electrons. The number of carboxylic acids is 1. The Balaban J connectivity index is 1.28. The van der Waals surface area contributed by atoms with Crippen molar-refractivity contribution in [1.82, 2.24) is 20.3 Å². The molecule has 3 heterocycles. The third-order valence-corrected chi connectivity index (χ3v) is 6.77. The Morgan fingerprint density at radius 2 is 1.67 bits per heavy atom. The number of aliphatic carboxylic acids is 1. The first kappa shape index (κ1) is 31.1. The summed E-state index contributed by atoms with van der Waals surface area (Å²) in [7, 11) is 0. The molecule has 0 saturated carbocycles. The van der Waals surface area contributed by atoms with E-state index in [9.17, 15) is 14.4 Å². The van der Waals surface area contributed by atoms with E-state index in [1.807, 2.05) is 49.6 Å². The Morgan fingerprint density at radius 1 is 0.977 bits per heavy atom. The molecule has 1 amide bonds. The van der Waals surface area contributed by atoms with Gasteiger partial charge in [-0.15, -0.1) is 0 Å². The molecule has 1 aliphatic heterocycles. The topological polar surface area (TPSA) is 138 Å². The van der Waals surface area contributed by atoms with Crippen LogP contribution in [-0.4, -0.2) is 76.2 Å². The third kappa shape index (κ3) is 9.35. The Morgan fingerprint density at radius 3 is 2.33 bits per heavy atom. The summed E-state index contributed by atoms with van der Waals surface area (Å²) in [6, 6.07) is 9.89. The minimum Gasteiger partial charge on any atom is -0.478 e. The number of nitrogens with zero attached hydrogens (tertiary/aromatic N) is 5. The number of amides is 1. The molecule has 2 N–H and O–H groups in total. The summed E-state index contributed by atoms with van der Waals surface area (Å²) >= 11 is 0. The van der Waals surface area contributed by atoms with Gasteiger partial charge >= 0.3 is 12.1 Å². The van der Waals surface area contributed by atoms with Crippen LogP contribution in [0.3, 0.4) is 0 Å². The Hall–Kier alpha value is -4.80. The van der Waals surface area contributed by atoms with Crippen molar-refractivity contribution < 1.29 is 24.2 Å². The first-order valence-electron chi connectivity index (χ1n) is 14.2. The number of aromatic nitrogens is 3. The van der Waals surface area contributed by atoms with E-state index in [-0.39, 0.29) is 12.3 Å². The van der Waals surface area contributed by atoms with Crippen LogP contribution in [0.15, 0.2) is 55.0 Å². The normalized spacial score (nSPS) is 13.7. The number of pyridine rings is 1. The number of hydrogen-bond acceptors (Lipinski definition) is 9. The van der Waals surface area contributed by atoms with Crippen LogP contribution in [0.5, 0.6) is 0 Å². The first-order chi connectivity index (χ1) is 20.5. The summed E-state index contributed by atoms with van der Waals surface area (Å²) in [4.78, 5) is 53.0. The molecule has 226 valence electrons. The first-order valence-corrected chi connectivity index (χ1v) is 14.2. The number of carbonyl (C=O) groups excluding carboxylic acids is 2. The summed E-state index contributed by atoms with van der Waals surface area (Å²) in [6.07, 6.45) is 8.24. The summed E-state index contributed by atoms with van der Waals surface area (Å²) < 4.78 is 5.17. The van der Waals surface area contributed by atoms with Gasteiger partial charge in [-0.3, -0.25) is 4.79 Å². The highest BCUT2D eigenvalue weighted by atomic mass is 16.6. The van der Waals surface area contributed by atoms with Gasteiger partial charge in [-0.25, -0.2) is 24.5 Å². The van der Waals surface area contributed by atoms with Crippen molar-refractivity contribution in [3.8, 4) is 11.1 Å². The van der Waals surface area contributed by atoms with Crippen LogP contribution in [0.2, 0.25) is 0 Å². The summed E-state index contributed by atoms with van der Waals surface area (Å²) in [5.74, 6) is 0.503. The molecule has 4 rings (SSSR count). The van der Waals surface area contributed by atoms with Gasteiger partial charge in [0.2, 0.25) is 5.95 Å². The lowest BCUT2D eigenvalue weighted by atomic mass is 10.0. The summed E-state index contributed by atoms with van der Waals surface area (Å²) in [6.45, 7) is 10.2. The van der Waals surface area contributed by atoms with Crippen LogP contribution in [0.25, 0.3) is 17.2 Å². The number of Topliss-reactive ketones (excluding diaryl/α,β-unsaturated/α-hetero) is 1. The van der Waals surface area contributed by atoms with Crippen molar-refractivity contribution in [2.45, 2.75) is 46.1 Å². The maximum absolute atomic E-state index is 12.3. The van der Waals surface area contributed by atoms with E-state index < -0.39 is 17.7 Å². The van der Waals surface area contributed by atoms with Gasteiger partial charge in [0.25, 0.3) is 0 Å². The van der Waals surface area contributed by atoms with Crippen molar-refractivity contribution in [1.29, 1.82) is 0 Å². The number of anilines is 2. The number of rotatable bonds is 10. The van der Waals surface area contributed by atoms with Gasteiger partial charge in [0.1, 0.15) is 11.4 Å². The van der Waals surface area contributed by atoms with E-state index >= 15 is 0 Å². The van der Waals surface area contributed by atoms with E-state index in [0.29, 0.717) is 18.8 Å². The van der Waals surface area contributed by atoms with Crippen LogP contribution in [0.1, 0.15) is 43.9 Å². The number of benzene rings is 1. The maximum atomic E-state index is 12.3. The van der Waals surface area contributed by atoms with Crippen molar-refractivity contribution in [2.75, 3.05) is 42.5 Å². The lowest BCUT2D eigenvalue weighted by Gasteiger charge is -2.36. The van der Waals surface area contributed by atoms with Crippen LogP contribution in [0.4, 0.5) is 16.6 Å². The van der Waals surface area contributed by atoms with Crippen molar-refractivity contribution in [3.05, 3.63) is 71.7 Å². The number of alkyl carbamates (subject to hydrolysis) is 1. The molecule has 1 saturated heterocycles. The molecule has 3 aromatic rings. The molecule has 0 aliphatic carbocycles. The zero-order valence-electron chi connectivity index (χ0n) is 25.0. The highest BCUT2D eigenvalue weighted by Gasteiger charge is 2.21. The fraction of sp³-hybridized carbons (Fsp3) is 0.375.